The second-order valence-corrected chi connectivity index (χ2v) is 6.60. The number of likely N-dealkylation sites (N-methyl/N-ethyl adjacent to an activating group) is 1. The van der Waals surface area contributed by atoms with Crippen molar-refractivity contribution in [2.75, 3.05) is 26.7 Å². The van der Waals surface area contributed by atoms with Crippen LogP contribution in [0.5, 0.6) is 0 Å². The Bertz CT molecular complexity index is 541. The lowest BCUT2D eigenvalue weighted by atomic mass is 10.0. The Hall–Kier alpha value is -1.92. The maximum atomic E-state index is 12.3. The van der Waals surface area contributed by atoms with Crippen molar-refractivity contribution in [2.45, 2.75) is 38.4 Å². The molecule has 3 N–H and O–H groups in total. The molecule has 6 heteroatoms. The van der Waals surface area contributed by atoms with Gasteiger partial charge in [0.1, 0.15) is 0 Å². The van der Waals surface area contributed by atoms with Gasteiger partial charge in [-0.25, -0.2) is 0 Å². The Kier molecular flexibility index (Phi) is 6.75. The number of nitrogens with two attached hydrogens (primary N) is 1. The van der Waals surface area contributed by atoms with Crippen LogP contribution in [0.25, 0.3) is 0 Å². The highest BCUT2D eigenvalue weighted by Gasteiger charge is 2.24. The zero-order chi connectivity index (χ0) is 17.5. The van der Waals surface area contributed by atoms with Crippen molar-refractivity contribution in [3.8, 4) is 0 Å². The standard InChI is InChI=1S/C18H28N4O2/c1-14(21(2)13-17(19)23)18(24)20-16-8-10-22(11-9-16)12-15-6-4-3-5-7-15/h3-7,14,16H,8-13H2,1-2H3,(H2,19,23)(H,20,24). The zero-order valence-electron chi connectivity index (χ0n) is 14.6. The molecule has 1 unspecified atom stereocenters. The number of nitrogens with one attached hydrogen (secondary N) is 1. The molecule has 2 amide bonds. The molecule has 1 aliphatic heterocycles. The highest BCUT2D eigenvalue weighted by Crippen LogP contribution is 2.14. The number of amides is 2. The van der Waals surface area contributed by atoms with Crippen LogP contribution in [-0.4, -0.2) is 60.4 Å². The number of hydrogen-bond donors (Lipinski definition) is 2. The number of carbonyl (C=O) groups is 2. The van der Waals surface area contributed by atoms with Gasteiger partial charge in [0.15, 0.2) is 0 Å². The summed E-state index contributed by atoms with van der Waals surface area (Å²) in [6.07, 6.45) is 1.90. The van der Waals surface area contributed by atoms with E-state index < -0.39 is 5.91 Å². The first kappa shape index (κ1) is 18.4. The van der Waals surface area contributed by atoms with Crippen molar-refractivity contribution in [2.24, 2.45) is 5.73 Å². The lowest BCUT2D eigenvalue weighted by molar-refractivity contribution is -0.127. The number of rotatable bonds is 7. The van der Waals surface area contributed by atoms with Gasteiger partial charge in [-0.3, -0.25) is 19.4 Å². The third-order valence-corrected chi connectivity index (χ3v) is 4.63. The first-order valence-corrected chi connectivity index (χ1v) is 8.51. The quantitative estimate of drug-likeness (QED) is 0.765. The Labute approximate surface area is 144 Å². The highest BCUT2D eigenvalue weighted by molar-refractivity contribution is 5.83. The van der Waals surface area contributed by atoms with Gasteiger partial charge in [0.25, 0.3) is 0 Å². The second-order valence-electron chi connectivity index (χ2n) is 6.60. The summed E-state index contributed by atoms with van der Waals surface area (Å²) in [7, 11) is 1.73. The monoisotopic (exact) mass is 332 g/mol. The third kappa shape index (κ3) is 5.62. The Morgan fingerprint density at radius 1 is 1.29 bits per heavy atom. The highest BCUT2D eigenvalue weighted by atomic mass is 16.2. The number of primary amides is 1. The van der Waals surface area contributed by atoms with E-state index in [0.717, 1.165) is 32.5 Å². The molecule has 1 heterocycles. The van der Waals surface area contributed by atoms with Gasteiger partial charge in [-0.2, -0.15) is 0 Å². The molecule has 0 aliphatic carbocycles. The van der Waals surface area contributed by atoms with Crippen molar-refractivity contribution in [1.29, 1.82) is 0 Å². The van der Waals surface area contributed by atoms with Crippen LogP contribution in [0.15, 0.2) is 30.3 Å². The number of nitrogens with zero attached hydrogens (tertiary/aromatic N) is 2. The van der Waals surface area contributed by atoms with Gasteiger partial charge in [0.05, 0.1) is 12.6 Å². The average molecular weight is 332 g/mol. The van der Waals surface area contributed by atoms with Crippen LogP contribution in [-0.2, 0) is 16.1 Å². The minimum atomic E-state index is -0.425. The summed E-state index contributed by atoms with van der Waals surface area (Å²) in [6, 6.07) is 10.3. The summed E-state index contributed by atoms with van der Waals surface area (Å²) in [6.45, 7) is 4.79. The predicted molar refractivity (Wildman–Crippen MR) is 94.2 cm³/mol. The number of hydrogen-bond acceptors (Lipinski definition) is 4. The van der Waals surface area contributed by atoms with Crippen molar-refractivity contribution < 1.29 is 9.59 Å². The van der Waals surface area contributed by atoms with Gasteiger partial charge < -0.3 is 11.1 Å². The summed E-state index contributed by atoms with van der Waals surface area (Å²) < 4.78 is 0. The molecule has 24 heavy (non-hydrogen) atoms. The number of carbonyl (C=O) groups excluding carboxylic acids is 2. The molecule has 1 saturated heterocycles. The van der Waals surface area contributed by atoms with Gasteiger partial charge in [0.2, 0.25) is 11.8 Å². The Morgan fingerprint density at radius 2 is 1.92 bits per heavy atom. The van der Waals surface area contributed by atoms with Gasteiger partial charge in [0, 0.05) is 25.7 Å². The first-order chi connectivity index (χ1) is 11.5. The van der Waals surface area contributed by atoms with E-state index in [1.54, 1.807) is 18.9 Å². The van der Waals surface area contributed by atoms with Gasteiger partial charge in [-0.15, -0.1) is 0 Å². The van der Waals surface area contributed by atoms with Gasteiger partial charge in [-0.05, 0) is 32.4 Å². The van der Waals surface area contributed by atoms with E-state index in [4.69, 9.17) is 5.73 Å². The van der Waals surface area contributed by atoms with Crippen molar-refractivity contribution >= 4 is 11.8 Å². The minimum absolute atomic E-state index is 0.0414. The molecule has 6 nitrogen and oxygen atoms in total. The molecule has 1 fully saturated rings. The molecule has 1 aliphatic rings. The molecule has 0 saturated carbocycles. The van der Waals surface area contributed by atoms with Crippen LogP contribution in [0.2, 0.25) is 0 Å². The van der Waals surface area contributed by atoms with Crippen LogP contribution >= 0.6 is 0 Å². The molecule has 0 radical (unpaired) electrons. The molecule has 0 spiro atoms. The molecule has 0 aromatic heterocycles. The molecular weight excluding hydrogens is 304 g/mol. The lowest BCUT2D eigenvalue weighted by Crippen LogP contribution is -2.51. The fraction of sp³-hybridized carbons (Fsp3) is 0.556. The molecule has 1 aromatic carbocycles. The zero-order valence-corrected chi connectivity index (χ0v) is 14.6. The smallest absolute Gasteiger partial charge is 0.237 e. The normalized spacial score (nSPS) is 17.6. The van der Waals surface area contributed by atoms with E-state index >= 15 is 0 Å². The average Bonchev–Trinajstić information content (AvgIpc) is 2.56. The summed E-state index contributed by atoms with van der Waals surface area (Å²) in [4.78, 5) is 27.3. The van der Waals surface area contributed by atoms with Crippen LogP contribution < -0.4 is 11.1 Å². The summed E-state index contributed by atoms with van der Waals surface area (Å²) >= 11 is 0. The number of piperidine rings is 1. The fourth-order valence-electron chi connectivity index (χ4n) is 2.98. The number of benzene rings is 1. The van der Waals surface area contributed by atoms with Crippen molar-refractivity contribution in [3.05, 3.63) is 35.9 Å². The van der Waals surface area contributed by atoms with E-state index in [2.05, 4.69) is 34.5 Å². The van der Waals surface area contributed by atoms with Crippen LogP contribution in [0.1, 0.15) is 25.3 Å². The van der Waals surface area contributed by atoms with Gasteiger partial charge in [-0.1, -0.05) is 30.3 Å². The van der Waals surface area contributed by atoms with Gasteiger partial charge >= 0.3 is 0 Å². The summed E-state index contributed by atoms with van der Waals surface area (Å²) in [5.74, 6) is -0.466. The van der Waals surface area contributed by atoms with Crippen LogP contribution in [0.4, 0.5) is 0 Å². The van der Waals surface area contributed by atoms with E-state index in [1.807, 2.05) is 6.07 Å². The fourth-order valence-corrected chi connectivity index (χ4v) is 2.98. The lowest BCUT2D eigenvalue weighted by Gasteiger charge is -2.33. The van der Waals surface area contributed by atoms with Crippen molar-refractivity contribution in [3.63, 3.8) is 0 Å². The predicted octanol–water partition coefficient (Wildman–Crippen LogP) is 0.573. The number of likely N-dealkylation sites (tertiary alicyclic amines) is 1. The molecule has 0 bridgehead atoms. The maximum Gasteiger partial charge on any atom is 0.237 e. The minimum Gasteiger partial charge on any atom is -0.369 e. The second kappa shape index (κ2) is 8.80. The molecule has 1 atom stereocenters. The molecule has 132 valence electrons. The SMILES string of the molecule is CC(C(=O)NC1CCN(Cc2ccccc2)CC1)N(C)CC(N)=O. The Balaban J connectivity index is 1.74. The maximum absolute atomic E-state index is 12.3. The van der Waals surface area contributed by atoms with Crippen LogP contribution in [0.3, 0.4) is 0 Å². The summed E-state index contributed by atoms with van der Waals surface area (Å²) in [5.41, 5.74) is 6.50. The summed E-state index contributed by atoms with van der Waals surface area (Å²) in [5, 5.41) is 3.10. The van der Waals surface area contributed by atoms with E-state index in [9.17, 15) is 9.59 Å². The Morgan fingerprint density at radius 3 is 2.50 bits per heavy atom. The molecule has 1 aromatic rings. The topological polar surface area (TPSA) is 78.7 Å². The largest absolute Gasteiger partial charge is 0.369 e. The molecular formula is C18H28N4O2. The van der Waals surface area contributed by atoms with Crippen molar-refractivity contribution in [1.82, 2.24) is 15.1 Å². The molecule has 2 rings (SSSR count). The first-order valence-electron chi connectivity index (χ1n) is 8.51. The van der Waals surface area contributed by atoms with E-state index in [1.165, 1.54) is 5.56 Å². The van der Waals surface area contributed by atoms with Crippen LogP contribution in [0, 0.1) is 0 Å². The van der Waals surface area contributed by atoms with E-state index in [-0.39, 0.29) is 24.5 Å². The third-order valence-electron chi connectivity index (χ3n) is 4.63. The van der Waals surface area contributed by atoms with E-state index in [0.29, 0.717) is 0 Å².